The van der Waals surface area contributed by atoms with Crippen molar-refractivity contribution in [1.29, 1.82) is 0 Å². The zero-order valence-electron chi connectivity index (χ0n) is 20.1. The van der Waals surface area contributed by atoms with Crippen molar-refractivity contribution in [3.05, 3.63) is 106 Å². The first-order valence-corrected chi connectivity index (χ1v) is 10.7. The van der Waals surface area contributed by atoms with E-state index < -0.39 is 82.4 Å². The van der Waals surface area contributed by atoms with E-state index in [4.69, 9.17) is 30.6 Å². The number of aliphatic hydroxyl groups excluding tert-OH is 3. The second-order valence-corrected chi connectivity index (χ2v) is 7.67. The zero-order valence-corrected chi connectivity index (χ0v) is 20.1. The van der Waals surface area contributed by atoms with Crippen LogP contribution in [0.25, 0.3) is 0 Å². The van der Waals surface area contributed by atoms with Crippen molar-refractivity contribution < 1.29 is 75.8 Å². The largest absolute Gasteiger partial charge is 0.479 e. The van der Waals surface area contributed by atoms with E-state index in [0.29, 0.717) is 12.1 Å². The van der Waals surface area contributed by atoms with Crippen LogP contribution in [0.5, 0.6) is 0 Å². The molecule has 9 nitrogen and oxygen atoms in total. The molecule has 0 aliphatic heterocycles. The molecule has 0 saturated heterocycles. The summed E-state index contributed by atoms with van der Waals surface area (Å²) in [6.07, 6.45) is -10.3. The highest BCUT2D eigenvalue weighted by atomic mass is 19.4. The van der Waals surface area contributed by atoms with Crippen LogP contribution in [0.4, 0.5) is 30.7 Å². The third kappa shape index (κ3) is 10.5. The van der Waals surface area contributed by atoms with Crippen molar-refractivity contribution in [3.63, 3.8) is 0 Å². The second kappa shape index (κ2) is 14.7. The maximum Gasteiger partial charge on any atom is 0.416 e. The molecule has 0 heterocycles. The van der Waals surface area contributed by atoms with Gasteiger partial charge < -0.3 is 30.6 Å². The van der Waals surface area contributed by atoms with Crippen LogP contribution in [-0.2, 0) is 20.6 Å². The minimum absolute atomic E-state index is 0.0875. The lowest BCUT2D eigenvalue weighted by Crippen LogP contribution is -2.12. The topological polar surface area (TPSA) is 173 Å². The van der Waals surface area contributed by atoms with Crippen LogP contribution in [0.3, 0.4) is 0 Å². The average Bonchev–Trinajstić information content (AvgIpc) is 2.89. The van der Waals surface area contributed by atoms with Gasteiger partial charge in [0.25, 0.3) is 0 Å². The third-order valence-electron chi connectivity index (χ3n) is 4.77. The van der Waals surface area contributed by atoms with E-state index >= 15 is 0 Å². The van der Waals surface area contributed by atoms with Crippen molar-refractivity contribution in [1.82, 2.24) is 0 Å². The fourth-order valence-corrected chi connectivity index (χ4v) is 2.71. The summed E-state index contributed by atoms with van der Waals surface area (Å²) in [5.41, 5.74) is -2.00. The molecule has 0 saturated carbocycles. The molecule has 6 N–H and O–H groups in total. The Hall–Kier alpha value is -4.54. The zero-order chi connectivity index (χ0) is 31.7. The van der Waals surface area contributed by atoms with Crippen molar-refractivity contribution in [3.8, 4) is 0 Å². The van der Waals surface area contributed by atoms with Crippen LogP contribution in [0.1, 0.15) is 40.6 Å². The molecular formula is C25H19F7O9. The predicted molar refractivity (Wildman–Crippen MR) is 122 cm³/mol. The van der Waals surface area contributed by atoms with E-state index in [9.17, 15) is 45.1 Å². The summed E-state index contributed by atoms with van der Waals surface area (Å²) in [4.78, 5) is 30.8. The molecule has 0 radical (unpaired) electrons. The lowest BCUT2D eigenvalue weighted by atomic mass is 10.1. The van der Waals surface area contributed by atoms with Crippen molar-refractivity contribution in [2.75, 3.05) is 0 Å². The molecule has 3 unspecified atom stereocenters. The molecule has 16 heteroatoms. The molecule has 41 heavy (non-hydrogen) atoms. The van der Waals surface area contributed by atoms with E-state index in [1.165, 1.54) is 0 Å². The standard InChI is InChI=1S/C9H7F3O3.2C8H6F2O3/c10-9(11,12)6-3-1-5(2-4-6)7(13)8(14)15;9-4-1-2-6(10)5(3-4)7(11)8(12)13;9-4-1-2-5(6(10)3-4)7(11)8(12)13/h1-4,7,13H,(H,14,15);2*1-3,7,11H,(H,12,13). The average molecular weight is 596 g/mol. The van der Waals surface area contributed by atoms with E-state index in [-0.39, 0.29) is 5.56 Å². The Labute approximate surface area is 225 Å². The SMILES string of the molecule is O=C(O)C(O)c1cc(F)ccc1F.O=C(O)C(O)c1ccc(C(F)(F)F)cc1.O=C(O)C(O)c1ccc(F)cc1F. The molecule has 0 fully saturated rings. The van der Waals surface area contributed by atoms with Crippen LogP contribution in [0.15, 0.2) is 60.7 Å². The van der Waals surface area contributed by atoms with Gasteiger partial charge in [-0.25, -0.2) is 31.9 Å². The van der Waals surface area contributed by atoms with Gasteiger partial charge in [-0.05, 0) is 48.0 Å². The van der Waals surface area contributed by atoms with E-state index in [0.717, 1.165) is 48.5 Å². The Balaban J connectivity index is 0.000000309. The molecular weight excluding hydrogens is 577 g/mol. The van der Waals surface area contributed by atoms with Gasteiger partial charge in [0.15, 0.2) is 18.3 Å². The van der Waals surface area contributed by atoms with Crippen molar-refractivity contribution >= 4 is 17.9 Å². The molecule has 3 aromatic carbocycles. The Morgan fingerprint density at radius 2 is 1.00 bits per heavy atom. The number of carbonyl (C=O) groups is 3. The molecule has 0 spiro atoms. The number of alkyl halides is 3. The molecule has 0 aliphatic carbocycles. The van der Waals surface area contributed by atoms with Crippen LogP contribution in [0, 0.1) is 23.3 Å². The quantitative estimate of drug-likeness (QED) is 0.230. The number of carboxylic acid groups (broad SMARTS) is 3. The maximum atomic E-state index is 12.8. The summed E-state index contributed by atoms with van der Waals surface area (Å²) in [7, 11) is 0. The molecule has 3 aromatic rings. The first-order chi connectivity index (χ1) is 18.9. The van der Waals surface area contributed by atoms with Gasteiger partial charge in [-0.2, -0.15) is 13.2 Å². The van der Waals surface area contributed by atoms with Crippen molar-refractivity contribution in [2.24, 2.45) is 0 Å². The molecule has 3 rings (SSSR count). The van der Waals surface area contributed by atoms with Crippen LogP contribution in [0.2, 0.25) is 0 Å². The normalized spacial score (nSPS) is 12.9. The highest BCUT2D eigenvalue weighted by Gasteiger charge is 2.30. The fraction of sp³-hybridized carbons (Fsp3) is 0.160. The van der Waals surface area contributed by atoms with Gasteiger partial charge in [0.2, 0.25) is 0 Å². The maximum absolute atomic E-state index is 12.8. The van der Waals surface area contributed by atoms with Crippen LogP contribution >= 0.6 is 0 Å². The van der Waals surface area contributed by atoms with Crippen LogP contribution in [-0.4, -0.2) is 48.5 Å². The minimum Gasteiger partial charge on any atom is -0.479 e. The van der Waals surface area contributed by atoms with Gasteiger partial charge in [0, 0.05) is 17.2 Å². The number of aliphatic hydroxyl groups is 3. The second-order valence-electron chi connectivity index (χ2n) is 7.67. The predicted octanol–water partition coefficient (Wildman–Crippen LogP) is 3.99. The monoisotopic (exact) mass is 596 g/mol. The number of benzene rings is 3. The summed E-state index contributed by atoms with van der Waals surface area (Å²) in [5.74, 6) is -8.34. The minimum atomic E-state index is -4.47. The summed E-state index contributed by atoms with van der Waals surface area (Å²) in [5, 5.41) is 51.8. The molecule has 0 aromatic heterocycles. The lowest BCUT2D eigenvalue weighted by Gasteiger charge is -2.09. The summed E-state index contributed by atoms with van der Waals surface area (Å²) >= 11 is 0. The van der Waals surface area contributed by atoms with E-state index in [1.54, 1.807) is 0 Å². The fourth-order valence-electron chi connectivity index (χ4n) is 2.71. The van der Waals surface area contributed by atoms with Gasteiger partial charge >= 0.3 is 24.1 Å². The summed E-state index contributed by atoms with van der Waals surface area (Å²) < 4.78 is 86.7. The summed E-state index contributed by atoms with van der Waals surface area (Å²) in [6, 6.07) is 7.85. The Morgan fingerprint density at radius 1 is 0.561 bits per heavy atom. The number of halogens is 7. The highest BCUT2D eigenvalue weighted by Crippen LogP contribution is 2.30. The van der Waals surface area contributed by atoms with Gasteiger partial charge in [-0.15, -0.1) is 0 Å². The van der Waals surface area contributed by atoms with Gasteiger partial charge in [-0.1, -0.05) is 12.1 Å². The van der Waals surface area contributed by atoms with Gasteiger partial charge in [0.05, 0.1) is 5.56 Å². The lowest BCUT2D eigenvalue weighted by molar-refractivity contribution is -0.147. The number of aliphatic carboxylic acids is 3. The van der Waals surface area contributed by atoms with Crippen LogP contribution < -0.4 is 0 Å². The van der Waals surface area contributed by atoms with Gasteiger partial charge in [-0.3, -0.25) is 0 Å². The number of hydrogen-bond donors (Lipinski definition) is 6. The Morgan fingerprint density at radius 3 is 1.44 bits per heavy atom. The van der Waals surface area contributed by atoms with Crippen molar-refractivity contribution in [2.45, 2.75) is 24.5 Å². The van der Waals surface area contributed by atoms with E-state index in [1.807, 2.05) is 0 Å². The highest BCUT2D eigenvalue weighted by molar-refractivity contribution is 5.75. The number of rotatable bonds is 6. The molecule has 0 aliphatic rings. The van der Waals surface area contributed by atoms with Gasteiger partial charge in [0.1, 0.15) is 23.3 Å². The molecule has 0 bridgehead atoms. The Bertz CT molecular complexity index is 1360. The molecule has 3 atom stereocenters. The molecule has 0 amide bonds. The Kier molecular flexibility index (Phi) is 12.4. The summed E-state index contributed by atoms with van der Waals surface area (Å²) in [6.45, 7) is 0. The molecule has 222 valence electrons. The number of hydrogen-bond acceptors (Lipinski definition) is 6. The smallest absolute Gasteiger partial charge is 0.416 e. The first-order valence-electron chi connectivity index (χ1n) is 10.7. The number of carboxylic acids is 3. The third-order valence-corrected chi connectivity index (χ3v) is 4.77. The first kappa shape index (κ1) is 34.5. The van der Waals surface area contributed by atoms with E-state index in [2.05, 4.69) is 0 Å².